The van der Waals surface area contributed by atoms with Crippen LogP contribution in [-0.2, 0) is 4.74 Å². The lowest BCUT2D eigenvalue weighted by Crippen LogP contribution is -2.23. The number of para-hydroxylation sites is 2. The van der Waals surface area contributed by atoms with E-state index in [2.05, 4.69) is 15.0 Å². The van der Waals surface area contributed by atoms with Crippen LogP contribution in [0.1, 0.15) is 34.6 Å². The molecule has 0 saturated carbocycles. The van der Waals surface area contributed by atoms with Crippen LogP contribution in [0.15, 0.2) is 67.0 Å². The van der Waals surface area contributed by atoms with E-state index in [0.29, 0.717) is 12.3 Å². The molecule has 0 aliphatic heterocycles. The van der Waals surface area contributed by atoms with Gasteiger partial charge in [-0.25, -0.2) is 9.48 Å². The standard InChI is InChI=1S/C23H24N4O2/c1-4-29-23(28)21-20(18-12-8-9-13-19(18)25-21)22(26(2)3)16-14-24-27(15-16)17-10-6-5-7-11-17/h5-15,22,25H,4H2,1-3H3. The van der Waals surface area contributed by atoms with E-state index in [4.69, 9.17) is 4.74 Å². The highest BCUT2D eigenvalue weighted by Gasteiger charge is 2.29. The van der Waals surface area contributed by atoms with Gasteiger partial charge in [0, 0.05) is 28.2 Å². The van der Waals surface area contributed by atoms with Crippen LogP contribution in [0.4, 0.5) is 0 Å². The number of hydrogen-bond acceptors (Lipinski definition) is 4. The third-order valence-electron chi connectivity index (χ3n) is 4.95. The number of hydrogen-bond donors (Lipinski definition) is 1. The number of carbonyl (C=O) groups excluding carboxylic acids is 1. The molecule has 1 N–H and O–H groups in total. The minimum atomic E-state index is -0.346. The maximum atomic E-state index is 12.7. The number of benzene rings is 2. The summed E-state index contributed by atoms with van der Waals surface area (Å²) in [6, 6.07) is 17.7. The normalized spacial score (nSPS) is 12.4. The Kier molecular flexibility index (Phi) is 5.18. The molecular weight excluding hydrogens is 364 g/mol. The maximum Gasteiger partial charge on any atom is 0.355 e. The fraction of sp³-hybridized carbons (Fsp3) is 0.217. The van der Waals surface area contributed by atoms with Crippen LogP contribution < -0.4 is 0 Å². The van der Waals surface area contributed by atoms with E-state index in [1.54, 1.807) is 0 Å². The first kappa shape index (κ1) is 19.0. The first-order chi connectivity index (χ1) is 14.1. The van der Waals surface area contributed by atoms with Crippen LogP contribution in [0.25, 0.3) is 16.6 Å². The van der Waals surface area contributed by atoms with Crippen molar-refractivity contribution in [2.24, 2.45) is 0 Å². The Morgan fingerprint density at radius 2 is 1.86 bits per heavy atom. The van der Waals surface area contributed by atoms with E-state index in [9.17, 15) is 4.79 Å². The van der Waals surface area contributed by atoms with Crippen LogP contribution in [0.3, 0.4) is 0 Å². The van der Waals surface area contributed by atoms with E-state index < -0.39 is 0 Å². The van der Waals surface area contributed by atoms with Crippen molar-refractivity contribution in [3.05, 3.63) is 83.8 Å². The Labute approximate surface area is 169 Å². The van der Waals surface area contributed by atoms with E-state index in [1.165, 1.54) is 0 Å². The number of rotatable bonds is 6. The summed E-state index contributed by atoms with van der Waals surface area (Å²) in [6.07, 6.45) is 3.87. The van der Waals surface area contributed by atoms with Crippen molar-refractivity contribution in [2.45, 2.75) is 13.0 Å². The van der Waals surface area contributed by atoms with Gasteiger partial charge < -0.3 is 9.72 Å². The molecule has 0 aliphatic carbocycles. The average molecular weight is 388 g/mol. The van der Waals surface area contributed by atoms with Crippen molar-refractivity contribution < 1.29 is 9.53 Å². The first-order valence-corrected chi connectivity index (χ1v) is 9.64. The predicted octanol–water partition coefficient (Wildman–Crippen LogP) is 4.18. The highest BCUT2D eigenvalue weighted by Crippen LogP contribution is 2.35. The summed E-state index contributed by atoms with van der Waals surface area (Å²) in [5, 5.41) is 5.56. The zero-order valence-electron chi connectivity index (χ0n) is 16.8. The molecule has 0 fully saturated rings. The molecular formula is C23H24N4O2. The Balaban J connectivity index is 1.86. The van der Waals surface area contributed by atoms with E-state index in [-0.39, 0.29) is 12.0 Å². The lowest BCUT2D eigenvalue weighted by atomic mass is 9.97. The van der Waals surface area contributed by atoms with Gasteiger partial charge in [-0.15, -0.1) is 0 Å². The molecule has 6 heteroatoms. The Morgan fingerprint density at radius 3 is 2.59 bits per heavy atom. The molecule has 4 aromatic rings. The summed E-state index contributed by atoms with van der Waals surface area (Å²) in [5.74, 6) is -0.346. The summed E-state index contributed by atoms with van der Waals surface area (Å²) in [4.78, 5) is 18.1. The van der Waals surface area contributed by atoms with Gasteiger partial charge in [0.1, 0.15) is 5.69 Å². The zero-order chi connectivity index (χ0) is 20.4. The average Bonchev–Trinajstić information content (AvgIpc) is 3.35. The number of fused-ring (bicyclic) bond motifs is 1. The fourth-order valence-corrected chi connectivity index (χ4v) is 3.73. The molecule has 6 nitrogen and oxygen atoms in total. The number of nitrogens with zero attached hydrogens (tertiary/aromatic N) is 3. The van der Waals surface area contributed by atoms with Gasteiger partial charge >= 0.3 is 5.97 Å². The van der Waals surface area contributed by atoms with Crippen LogP contribution in [0.2, 0.25) is 0 Å². The molecule has 0 amide bonds. The van der Waals surface area contributed by atoms with Crippen molar-refractivity contribution in [3.63, 3.8) is 0 Å². The van der Waals surface area contributed by atoms with Gasteiger partial charge in [0.25, 0.3) is 0 Å². The van der Waals surface area contributed by atoms with Gasteiger partial charge in [-0.05, 0) is 39.2 Å². The van der Waals surface area contributed by atoms with Gasteiger partial charge in [-0.1, -0.05) is 36.4 Å². The summed E-state index contributed by atoms with van der Waals surface area (Å²) in [6.45, 7) is 2.14. The second-order valence-corrected chi connectivity index (χ2v) is 7.10. The number of H-pyrrole nitrogens is 1. The summed E-state index contributed by atoms with van der Waals surface area (Å²) >= 11 is 0. The van der Waals surface area contributed by atoms with Crippen molar-refractivity contribution in [3.8, 4) is 5.69 Å². The number of carbonyl (C=O) groups is 1. The molecule has 29 heavy (non-hydrogen) atoms. The SMILES string of the molecule is CCOC(=O)c1[nH]c2ccccc2c1C(c1cnn(-c2ccccc2)c1)N(C)C. The Bertz CT molecular complexity index is 1130. The minimum absolute atomic E-state index is 0.164. The summed E-state index contributed by atoms with van der Waals surface area (Å²) in [5.41, 5.74) is 4.28. The van der Waals surface area contributed by atoms with Crippen LogP contribution in [0.5, 0.6) is 0 Å². The van der Waals surface area contributed by atoms with Gasteiger partial charge in [0.15, 0.2) is 0 Å². The monoisotopic (exact) mass is 388 g/mol. The maximum absolute atomic E-state index is 12.7. The van der Waals surface area contributed by atoms with Crippen LogP contribution in [0, 0.1) is 0 Å². The Morgan fingerprint density at radius 1 is 1.14 bits per heavy atom. The summed E-state index contributed by atoms with van der Waals surface area (Å²) < 4.78 is 7.18. The number of aromatic nitrogens is 3. The fourth-order valence-electron chi connectivity index (χ4n) is 3.73. The van der Waals surface area contributed by atoms with Gasteiger partial charge in [0.2, 0.25) is 0 Å². The molecule has 1 atom stereocenters. The predicted molar refractivity (Wildman–Crippen MR) is 113 cm³/mol. The first-order valence-electron chi connectivity index (χ1n) is 9.64. The molecule has 2 aromatic carbocycles. The smallest absolute Gasteiger partial charge is 0.355 e. The van der Waals surface area contributed by atoms with Crippen molar-refractivity contribution in [1.29, 1.82) is 0 Å². The number of esters is 1. The number of nitrogens with one attached hydrogen (secondary N) is 1. The quantitative estimate of drug-likeness (QED) is 0.503. The largest absolute Gasteiger partial charge is 0.461 e. The molecule has 0 radical (unpaired) electrons. The van der Waals surface area contributed by atoms with Gasteiger partial charge in [-0.3, -0.25) is 4.90 Å². The van der Waals surface area contributed by atoms with Crippen molar-refractivity contribution in [2.75, 3.05) is 20.7 Å². The van der Waals surface area contributed by atoms with Crippen molar-refractivity contribution >= 4 is 16.9 Å². The highest BCUT2D eigenvalue weighted by atomic mass is 16.5. The van der Waals surface area contributed by atoms with Crippen molar-refractivity contribution in [1.82, 2.24) is 19.7 Å². The van der Waals surface area contributed by atoms with E-state index in [0.717, 1.165) is 27.7 Å². The third kappa shape index (κ3) is 3.54. The lowest BCUT2D eigenvalue weighted by Gasteiger charge is -2.24. The molecule has 0 bridgehead atoms. The molecule has 0 saturated heterocycles. The second kappa shape index (κ2) is 7.93. The lowest BCUT2D eigenvalue weighted by molar-refractivity contribution is 0.0518. The summed E-state index contributed by atoms with van der Waals surface area (Å²) in [7, 11) is 4.00. The van der Waals surface area contributed by atoms with Gasteiger partial charge in [0.05, 0.1) is 24.5 Å². The van der Waals surface area contributed by atoms with Crippen LogP contribution in [-0.4, -0.2) is 46.3 Å². The molecule has 2 heterocycles. The van der Waals surface area contributed by atoms with Gasteiger partial charge in [-0.2, -0.15) is 5.10 Å². The molecule has 148 valence electrons. The topological polar surface area (TPSA) is 63.2 Å². The minimum Gasteiger partial charge on any atom is -0.461 e. The third-order valence-corrected chi connectivity index (χ3v) is 4.95. The molecule has 0 aliphatic rings. The molecule has 4 rings (SSSR count). The zero-order valence-corrected chi connectivity index (χ0v) is 16.8. The van der Waals surface area contributed by atoms with Crippen LogP contribution >= 0.6 is 0 Å². The molecule has 2 aromatic heterocycles. The highest BCUT2D eigenvalue weighted by molar-refractivity contribution is 5.99. The number of aromatic amines is 1. The number of ether oxygens (including phenoxy) is 1. The van der Waals surface area contributed by atoms with E-state index in [1.807, 2.05) is 92.7 Å². The molecule has 0 spiro atoms. The van der Waals surface area contributed by atoms with E-state index >= 15 is 0 Å². The second-order valence-electron chi connectivity index (χ2n) is 7.10. The molecule has 1 unspecified atom stereocenters. The Hall–Kier alpha value is -3.38.